The average Bonchev–Trinajstić information content (AvgIpc) is 3.09. The van der Waals surface area contributed by atoms with E-state index in [1.807, 2.05) is 6.92 Å². The molecular formula is C17H26N2O4S. The molecule has 134 valence electrons. The van der Waals surface area contributed by atoms with E-state index in [0.717, 1.165) is 25.7 Å². The Balaban J connectivity index is 2.32. The van der Waals surface area contributed by atoms with Crippen molar-refractivity contribution in [2.24, 2.45) is 0 Å². The number of benzene rings is 1. The summed E-state index contributed by atoms with van der Waals surface area (Å²) in [5, 5.41) is 2.89. The van der Waals surface area contributed by atoms with Gasteiger partial charge in [-0.15, -0.1) is 0 Å². The van der Waals surface area contributed by atoms with Crippen molar-refractivity contribution in [1.29, 1.82) is 0 Å². The maximum atomic E-state index is 12.8. The molecule has 1 saturated heterocycles. The van der Waals surface area contributed by atoms with Crippen LogP contribution in [0.1, 0.15) is 49.9 Å². The first-order valence-corrected chi connectivity index (χ1v) is 9.83. The van der Waals surface area contributed by atoms with Crippen molar-refractivity contribution >= 4 is 15.9 Å². The van der Waals surface area contributed by atoms with Crippen LogP contribution in [-0.2, 0) is 10.0 Å². The molecule has 0 unspecified atom stereocenters. The molecule has 24 heavy (non-hydrogen) atoms. The highest BCUT2D eigenvalue weighted by atomic mass is 32.2. The Kier molecular flexibility index (Phi) is 6.23. The lowest BCUT2D eigenvalue weighted by Gasteiger charge is -2.19. The van der Waals surface area contributed by atoms with E-state index in [9.17, 15) is 13.2 Å². The number of carbonyl (C=O) groups is 1. The lowest BCUT2D eigenvalue weighted by Crippen LogP contribution is -2.33. The quantitative estimate of drug-likeness (QED) is 0.816. The highest BCUT2D eigenvalue weighted by molar-refractivity contribution is 7.89. The van der Waals surface area contributed by atoms with Crippen molar-refractivity contribution < 1.29 is 17.9 Å². The highest BCUT2D eigenvalue weighted by Gasteiger charge is 2.30. The van der Waals surface area contributed by atoms with Gasteiger partial charge in [-0.1, -0.05) is 13.3 Å². The number of amides is 1. The predicted octanol–water partition coefficient (Wildman–Crippen LogP) is 2.40. The fourth-order valence-electron chi connectivity index (χ4n) is 2.90. The van der Waals surface area contributed by atoms with Gasteiger partial charge in [-0.3, -0.25) is 4.79 Å². The fraction of sp³-hybridized carbons (Fsp3) is 0.588. The molecule has 2 rings (SSSR count). The number of carbonyl (C=O) groups excluding carboxylic acids is 1. The van der Waals surface area contributed by atoms with E-state index in [-0.39, 0.29) is 22.6 Å². The molecule has 0 saturated carbocycles. The fourth-order valence-corrected chi connectivity index (χ4v) is 4.60. The van der Waals surface area contributed by atoms with Gasteiger partial charge in [0.1, 0.15) is 10.6 Å². The molecule has 0 bridgehead atoms. The Morgan fingerprint density at radius 1 is 1.33 bits per heavy atom. The third-order valence-corrected chi connectivity index (χ3v) is 6.13. The van der Waals surface area contributed by atoms with Gasteiger partial charge in [0.15, 0.2) is 0 Å². The van der Waals surface area contributed by atoms with Gasteiger partial charge < -0.3 is 10.1 Å². The molecule has 1 amide bonds. The molecule has 1 fully saturated rings. The van der Waals surface area contributed by atoms with Crippen LogP contribution < -0.4 is 10.1 Å². The molecule has 0 spiro atoms. The first kappa shape index (κ1) is 18.7. The summed E-state index contributed by atoms with van der Waals surface area (Å²) in [6.07, 6.45) is 3.56. The number of hydrogen-bond donors (Lipinski definition) is 1. The lowest BCUT2D eigenvalue weighted by atomic mass is 10.1. The predicted molar refractivity (Wildman–Crippen MR) is 92.8 cm³/mol. The summed E-state index contributed by atoms with van der Waals surface area (Å²) in [6, 6.07) is 4.60. The highest BCUT2D eigenvalue weighted by Crippen LogP contribution is 2.29. The molecule has 1 aromatic rings. The summed E-state index contributed by atoms with van der Waals surface area (Å²) in [7, 11) is -2.22. The van der Waals surface area contributed by atoms with E-state index < -0.39 is 10.0 Å². The molecule has 0 radical (unpaired) electrons. The molecule has 0 aromatic heterocycles. The topological polar surface area (TPSA) is 75.7 Å². The maximum Gasteiger partial charge on any atom is 0.251 e. The van der Waals surface area contributed by atoms with E-state index in [0.29, 0.717) is 18.7 Å². The normalized spacial score (nSPS) is 16.8. The van der Waals surface area contributed by atoms with Crippen molar-refractivity contribution in [1.82, 2.24) is 9.62 Å². The van der Waals surface area contributed by atoms with E-state index in [1.165, 1.54) is 17.5 Å². The van der Waals surface area contributed by atoms with Gasteiger partial charge >= 0.3 is 0 Å². The van der Waals surface area contributed by atoms with Crippen LogP contribution in [-0.4, -0.2) is 44.9 Å². The largest absolute Gasteiger partial charge is 0.495 e. The summed E-state index contributed by atoms with van der Waals surface area (Å²) in [5.74, 6) is -0.00321. The van der Waals surface area contributed by atoms with Crippen molar-refractivity contribution in [2.75, 3.05) is 20.2 Å². The first-order chi connectivity index (χ1) is 11.4. The maximum absolute atomic E-state index is 12.8. The SMILES string of the molecule is CCC[C@@H](C)NC(=O)c1ccc(OC)c(S(=O)(=O)N2CCCC2)c1. The minimum Gasteiger partial charge on any atom is -0.495 e. The Hall–Kier alpha value is -1.60. The molecule has 7 heteroatoms. The van der Waals surface area contributed by atoms with Crippen LogP contribution in [0.4, 0.5) is 0 Å². The second kappa shape index (κ2) is 7.98. The number of rotatable bonds is 7. The van der Waals surface area contributed by atoms with Crippen molar-refractivity contribution in [3.8, 4) is 5.75 Å². The molecule has 1 heterocycles. The van der Waals surface area contributed by atoms with Gasteiger partial charge in [0.2, 0.25) is 10.0 Å². The molecule has 0 aliphatic carbocycles. The van der Waals surface area contributed by atoms with Crippen LogP contribution in [0.3, 0.4) is 0 Å². The summed E-state index contributed by atoms with van der Waals surface area (Å²) in [5.41, 5.74) is 0.330. The third kappa shape index (κ3) is 4.08. The van der Waals surface area contributed by atoms with E-state index in [4.69, 9.17) is 4.74 Å². The first-order valence-electron chi connectivity index (χ1n) is 8.39. The number of sulfonamides is 1. The van der Waals surface area contributed by atoms with Gasteiger partial charge in [-0.05, 0) is 44.4 Å². The lowest BCUT2D eigenvalue weighted by molar-refractivity contribution is 0.0938. The molecular weight excluding hydrogens is 328 g/mol. The zero-order valence-electron chi connectivity index (χ0n) is 14.5. The van der Waals surface area contributed by atoms with Crippen molar-refractivity contribution in [3.63, 3.8) is 0 Å². The van der Waals surface area contributed by atoms with Gasteiger partial charge in [0, 0.05) is 24.7 Å². The second-order valence-electron chi connectivity index (χ2n) is 6.14. The van der Waals surface area contributed by atoms with Gasteiger partial charge in [0.25, 0.3) is 5.91 Å². The van der Waals surface area contributed by atoms with Crippen LogP contribution in [0, 0.1) is 0 Å². The van der Waals surface area contributed by atoms with Crippen molar-refractivity contribution in [3.05, 3.63) is 23.8 Å². The summed E-state index contributed by atoms with van der Waals surface area (Å²) in [6.45, 7) is 5.01. The Morgan fingerprint density at radius 2 is 2.00 bits per heavy atom. The second-order valence-corrected chi connectivity index (χ2v) is 8.05. The molecule has 1 aromatic carbocycles. The molecule has 6 nitrogen and oxygen atoms in total. The number of nitrogens with zero attached hydrogens (tertiary/aromatic N) is 1. The Labute approximate surface area is 144 Å². The van der Waals surface area contributed by atoms with E-state index >= 15 is 0 Å². The average molecular weight is 354 g/mol. The molecule has 1 aliphatic rings. The number of nitrogens with one attached hydrogen (secondary N) is 1. The number of methoxy groups -OCH3 is 1. The summed E-state index contributed by atoms with van der Waals surface area (Å²) >= 11 is 0. The van der Waals surface area contributed by atoms with Gasteiger partial charge in [-0.2, -0.15) is 4.31 Å². The molecule has 1 aliphatic heterocycles. The zero-order valence-corrected chi connectivity index (χ0v) is 15.4. The Bertz CT molecular complexity index is 682. The number of ether oxygens (including phenoxy) is 1. The zero-order chi connectivity index (χ0) is 17.7. The number of hydrogen-bond acceptors (Lipinski definition) is 4. The standard InChI is InChI=1S/C17H26N2O4S/c1-4-7-13(2)18-17(20)14-8-9-15(23-3)16(12-14)24(21,22)19-10-5-6-11-19/h8-9,12-13H,4-7,10-11H2,1-3H3,(H,18,20)/t13-/m1/s1. The summed E-state index contributed by atoms with van der Waals surface area (Å²) in [4.78, 5) is 12.4. The van der Waals surface area contributed by atoms with Gasteiger partial charge in [0.05, 0.1) is 7.11 Å². The van der Waals surface area contributed by atoms with Crippen LogP contribution >= 0.6 is 0 Å². The van der Waals surface area contributed by atoms with Crippen LogP contribution in [0.25, 0.3) is 0 Å². The monoisotopic (exact) mass is 354 g/mol. The minimum atomic E-state index is -3.65. The Morgan fingerprint density at radius 3 is 2.58 bits per heavy atom. The van der Waals surface area contributed by atoms with Crippen LogP contribution in [0.2, 0.25) is 0 Å². The minimum absolute atomic E-state index is 0.0447. The summed E-state index contributed by atoms with van der Waals surface area (Å²) < 4.78 is 32.3. The van der Waals surface area contributed by atoms with E-state index in [1.54, 1.807) is 12.1 Å². The van der Waals surface area contributed by atoms with Crippen LogP contribution in [0.15, 0.2) is 23.1 Å². The smallest absolute Gasteiger partial charge is 0.251 e. The molecule has 1 N–H and O–H groups in total. The molecule has 1 atom stereocenters. The van der Waals surface area contributed by atoms with Crippen LogP contribution in [0.5, 0.6) is 5.75 Å². The third-order valence-electron chi connectivity index (χ3n) is 4.21. The van der Waals surface area contributed by atoms with Crippen molar-refractivity contribution in [2.45, 2.75) is 50.5 Å². The van der Waals surface area contributed by atoms with E-state index in [2.05, 4.69) is 12.2 Å². The van der Waals surface area contributed by atoms with Gasteiger partial charge in [-0.25, -0.2) is 8.42 Å².